The number of benzene rings is 3. The molecule has 0 heterocycles. The molecule has 1 amide bonds. The molecule has 32 heavy (non-hydrogen) atoms. The molecule has 3 aromatic carbocycles. The minimum Gasteiger partial charge on any atom is -0.495 e. The first-order valence-corrected chi connectivity index (χ1v) is 11.6. The molecule has 0 aliphatic rings. The second kappa shape index (κ2) is 10.4. The smallest absolute Gasteiger partial charge is 0.258 e. The van der Waals surface area contributed by atoms with Crippen LogP contribution in [0.25, 0.3) is 0 Å². The van der Waals surface area contributed by atoms with E-state index in [1.807, 2.05) is 30.3 Å². The highest BCUT2D eigenvalue weighted by Gasteiger charge is 2.21. The quantitative estimate of drug-likeness (QED) is 0.500. The Kier molecular flexibility index (Phi) is 7.61. The van der Waals surface area contributed by atoms with Crippen LogP contribution in [0.1, 0.15) is 29.3 Å². The molecule has 0 radical (unpaired) electrons. The maximum Gasteiger partial charge on any atom is 0.258 e. The van der Waals surface area contributed by atoms with Crippen LogP contribution in [0.3, 0.4) is 0 Å². The molecule has 0 fully saturated rings. The molecule has 1 atom stereocenters. The summed E-state index contributed by atoms with van der Waals surface area (Å²) in [6, 6.07) is 19.2. The van der Waals surface area contributed by atoms with E-state index in [1.165, 1.54) is 49.6 Å². The Hall–Kier alpha value is -3.23. The average Bonchev–Trinajstić information content (AvgIpc) is 2.78. The zero-order chi connectivity index (χ0) is 23.1. The van der Waals surface area contributed by atoms with E-state index in [0.717, 1.165) is 12.0 Å². The molecule has 2 N–H and O–H groups in total. The van der Waals surface area contributed by atoms with Gasteiger partial charge in [0.25, 0.3) is 5.91 Å². The average molecular weight is 457 g/mol. The molecule has 0 aromatic heterocycles. The van der Waals surface area contributed by atoms with Gasteiger partial charge < -0.3 is 10.1 Å². The Balaban J connectivity index is 1.75. The highest BCUT2D eigenvalue weighted by atomic mass is 32.2. The zero-order valence-corrected chi connectivity index (χ0v) is 18.7. The van der Waals surface area contributed by atoms with E-state index < -0.39 is 21.7 Å². The van der Waals surface area contributed by atoms with Crippen molar-refractivity contribution in [1.82, 2.24) is 4.72 Å². The Bertz CT molecular complexity index is 1180. The van der Waals surface area contributed by atoms with E-state index in [9.17, 15) is 17.6 Å². The number of hydrogen-bond donors (Lipinski definition) is 2. The van der Waals surface area contributed by atoms with Gasteiger partial charge in [-0.05, 0) is 55.7 Å². The minimum absolute atomic E-state index is 0.0336. The summed E-state index contributed by atoms with van der Waals surface area (Å²) in [5.41, 5.74) is 1.09. The van der Waals surface area contributed by atoms with Crippen LogP contribution in [0.15, 0.2) is 77.7 Å². The van der Waals surface area contributed by atoms with Gasteiger partial charge in [0.1, 0.15) is 11.6 Å². The molecular weight excluding hydrogens is 431 g/mol. The Labute approximate surface area is 187 Å². The van der Waals surface area contributed by atoms with Crippen molar-refractivity contribution in [3.63, 3.8) is 0 Å². The normalized spacial score (nSPS) is 12.2. The van der Waals surface area contributed by atoms with E-state index in [4.69, 9.17) is 4.74 Å². The molecule has 0 aliphatic carbocycles. The van der Waals surface area contributed by atoms with Gasteiger partial charge >= 0.3 is 0 Å². The molecule has 0 bridgehead atoms. The van der Waals surface area contributed by atoms with Crippen molar-refractivity contribution in [3.05, 3.63) is 89.7 Å². The van der Waals surface area contributed by atoms with Gasteiger partial charge in [-0.15, -0.1) is 0 Å². The molecule has 8 heteroatoms. The number of sulfonamides is 1. The van der Waals surface area contributed by atoms with Crippen LogP contribution >= 0.6 is 0 Å². The number of amides is 1. The summed E-state index contributed by atoms with van der Waals surface area (Å²) in [6.07, 6.45) is 1.35. The van der Waals surface area contributed by atoms with Crippen LogP contribution in [-0.4, -0.2) is 27.5 Å². The first-order chi connectivity index (χ1) is 15.3. The predicted octanol–water partition coefficient (Wildman–Crippen LogP) is 4.39. The number of nitrogens with one attached hydrogen (secondary N) is 2. The van der Waals surface area contributed by atoms with Gasteiger partial charge in [0, 0.05) is 6.04 Å². The van der Waals surface area contributed by atoms with Gasteiger partial charge in [-0.2, -0.15) is 0 Å². The number of rotatable bonds is 9. The molecule has 3 aromatic rings. The molecule has 0 unspecified atom stereocenters. The van der Waals surface area contributed by atoms with Gasteiger partial charge in [-0.1, -0.05) is 42.5 Å². The van der Waals surface area contributed by atoms with Crippen molar-refractivity contribution in [2.24, 2.45) is 0 Å². The summed E-state index contributed by atoms with van der Waals surface area (Å²) < 4.78 is 47.6. The lowest BCUT2D eigenvalue weighted by Gasteiger charge is -2.16. The molecule has 0 saturated carbocycles. The lowest BCUT2D eigenvalue weighted by atomic mass is 10.1. The molecule has 0 spiro atoms. The van der Waals surface area contributed by atoms with E-state index in [0.29, 0.717) is 6.42 Å². The summed E-state index contributed by atoms with van der Waals surface area (Å²) >= 11 is 0. The Morgan fingerprint density at radius 3 is 2.41 bits per heavy atom. The van der Waals surface area contributed by atoms with E-state index in [2.05, 4.69) is 10.0 Å². The first kappa shape index (κ1) is 23.4. The zero-order valence-electron chi connectivity index (χ0n) is 17.8. The predicted molar refractivity (Wildman–Crippen MR) is 122 cm³/mol. The second-order valence-corrected chi connectivity index (χ2v) is 9.06. The second-order valence-electron chi connectivity index (χ2n) is 7.34. The lowest BCUT2D eigenvalue weighted by Crippen LogP contribution is -2.33. The van der Waals surface area contributed by atoms with Crippen molar-refractivity contribution in [1.29, 1.82) is 0 Å². The van der Waals surface area contributed by atoms with Crippen LogP contribution in [0.5, 0.6) is 5.75 Å². The summed E-state index contributed by atoms with van der Waals surface area (Å²) in [6.45, 7) is 1.80. The lowest BCUT2D eigenvalue weighted by molar-refractivity contribution is 0.102. The fourth-order valence-corrected chi connectivity index (χ4v) is 4.51. The summed E-state index contributed by atoms with van der Waals surface area (Å²) in [7, 11) is -2.46. The maximum atomic E-state index is 13.9. The Morgan fingerprint density at radius 1 is 1.03 bits per heavy atom. The number of aryl methyl sites for hydroxylation is 1. The number of carbonyl (C=O) groups excluding carboxylic acids is 1. The van der Waals surface area contributed by atoms with Gasteiger partial charge in [0.05, 0.1) is 23.3 Å². The Morgan fingerprint density at radius 2 is 1.72 bits per heavy atom. The van der Waals surface area contributed by atoms with Crippen molar-refractivity contribution in [3.8, 4) is 5.75 Å². The van der Waals surface area contributed by atoms with Gasteiger partial charge in [0.15, 0.2) is 0 Å². The van der Waals surface area contributed by atoms with Crippen LogP contribution in [-0.2, 0) is 16.4 Å². The van der Waals surface area contributed by atoms with Gasteiger partial charge in [-0.25, -0.2) is 17.5 Å². The van der Waals surface area contributed by atoms with Gasteiger partial charge in [0.2, 0.25) is 10.0 Å². The fourth-order valence-electron chi connectivity index (χ4n) is 3.21. The highest BCUT2D eigenvalue weighted by molar-refractivity contribution is 7.89. The number of ether oxygens (including phenoxy) is 1. The van der Waals surface area contributed by atoms with Crippen LogP contribution in [0.2, 0.25) is 0 Å². The topological polar surface area (TPSA) is 84.5 Å². The number of anilines is 1. The third-order valence-corrected chi connectivity index (χ3v) is 6.50. The number of carbonyl (C=O) groups is 1. The summed E-state index contributed by atoms with van der Waals surface area (Å²) in [5.74, 6) is -1.13. The maximum absolute atomic E-state index is 13.9. The number of methoxy groups -OCH3 is 1. The standard InChI is InChI=1S/C24H25FN2O4S/c1-17(12-13-18-8-4-3-5-9-18)27-32(29,30)19-14-15-23(31-2)22(16-19)26-24(28)20-10-6-7-11-21(20)25/h3-11,14-17,27H,12-13H2,1-2H3,(H,26,28)/t17-/m1/s1. The van der Waals surface area contributed by atoms with E-state index in [-0.39, 0.29) is 27.9 Å². The third kappa shape index (κ3) is 5.93. The van der Waals surface area contributed by atoms with Crippen LogP contribution in [0.4, 0.5) is 10.1 Å². The van der Waals surface area contributed by atoms with E-state index in [1.54, 1.807) is 6.92 Å². The van der Waals surface area contributed by atoms with Gasteiger partial charge in [-0.3, -0.25) is 4.79 Å². The van der Waals surface area contributed by atoms with Crippen molar-refractivity contribution in [2.45, 2.75) is 30.7 Å². The van der Waals surface area contributed by atoms with Crippen molar-refractivity contribution < 1.29 is 22.3 Å². The number of hydrogen-bond acceptors (Lipinski definition) is 4. The monoisotopic (exact) mass is 456 g/mol. The summed E-state index contributed by atoms with van der Waals surface area (Å²) in [4.78, 5) is 12.5. The van der Waals surface area contributed by atoms with Crippen molar-refractivity contribution in [2.75, 3.05) is 12.4 Å². The third-order valence-electron chi connectivity index (χ3n) is 4.91. The molecule has 0 aliphatic heterocycles. The molecular formula is C24H25FN2O4S. The molecule has 3 rings (SSSR count). The highest BCUT2D eigenvalue weighted by Crippen LogP contribution is 2.28. The minimum atomic E-state index is -3.85. The van der Waals surface area contributed by atoms with Crippen LogP contribution < -0.4 is 14.8 Å². The summed E-state index contributed by atoms with van der Waals surface area (Å²) in [5, 5.41) is 2.53. The molecule has 168 valence electrons. The van der Waals surface area contributed by atoms with Crippen molar-refractivity contribution >= 4 is 21.6 Å². The molecule has 6 nitrogen and oxygen atoms in total. The van der Waals surface area contributed by atoms with Crippen LogP contribution in [0, 0.1) is 5.82 Å². The first-order valence-electron chi connectivity index (χ1n) is 10.1. The SMILES string of the molecule is COc1ccc(S(=O)(=O)N[C@H](C)CCc2ccccc2)cc1NC(=O)c1ccccc1F. The van der Waals surface area contributed by atoms with E-state index >= 15 is 0 Å². The fraction of sp³-hybridized carbons (Fsp3) is 0.208. The largest absolute Gasteiger partial charge is 0.495 e. The number of halogens is 1. The molecule has 0 saturated heterocycles.